The molecular formula is C24H25N3O. The number of nitrogens with zero attached hydrogens (tertiary/aromatic N) is 3. The first-order valence-corrected chi connectivity index (χ1v) is 9.78. The van der Waals surface area contributed by atoms with Crippen molar-refractivity contribution in [1.29, 1.82) is 0 Å². The van der Waals surface area contributed by atoms with E-state index in [-0.39, 0.29) is 5.91 Å². The number of rotatable bonds is 4. The third-order valence-corrected chi connectivity index (χ3v) is 5.42. The number of aryl methyl sites for hydroxylation is 1. The van der Waals surface area contributed by atoms with Gasteiger partial charge >= 0.3 is 0 Å². The fraction of sp³-hybridized carbons (Fsp3) is 0.250. The summed E-state index contributed by atoms with van der Waals surface area (Å²) in [7, 11) is 0. The molecule has 1 amide bonds. The van der Waals surface area contributed by atoms with E-state index in [1.165, 1.54) is 11.1 Å². The molecule has 28 heavy (non-hydrogen) atoms. The second kappa shape index (κ2) is 8.36. The van der Waals surface area contributed by atoms with E-state index in [0.717, 1.165) is 49.4 Å². The summed E-state index contributed by atoms with van der Waals surface area (Å²) in [4.78, 5) is 21.5. The molecule has 3 aromatic rings. The molecule has 0 N–H and O–H groups in total. The summed E-state index contributed by atoms with van der Waals surface area (Å²) >= 11 is 0. The minimum atomic E-state index is 0.147. The predicted molar refractivity (Wildman–Crippen MR) is 112 cm³/mol. The lowest BCUT2D eigenvalue weighted by Gasteiger charge is -2.35. The second-order valence-corrected chi connectivity index (χ2v) is 7.28. The zero-order valence-electron chi connectivity index (χ0n) is 16.2. The number of carbonyl (C=O) groups is 1. The van der Waals surface area contributed by atoms with E-state index in [0.29, 0.717) is 0 Å². The monoisotopic (exact) mass is 371 g/mol. The number of aromatic nitrogens is 1. The van der Waals surface area contributed by atoms with Crippen LogP contribution in [0, 0.1) is 6.92 Å². The first-order valence-electron chi connectivity index (χ1n) is 9.78. The molecule has 4 nitrogen and oxygen atoms in total. The predicted octanol–water partition coefficient (Wildman–Crippen LogP) is 4.02. The molecule has 0 atom stereocenters. The maximum absolute atomic E-state index is 12.8. The van der Waals surface area contributed by atoms with Gasteiger partial charge in [-0.2, -0.15) is 0 Å². The average Bonchev–Trinajstić information content (AvgIpc) is 2.75. The quantitative estimate of drug-likeness (QED) is 0.695. The summed E-state index contributed by atoms with van der Waals surface area (Å²) in [5, 5.41) is 0. The van der Waals surface area contributed by atoms with Crippen molar-refractivity contribution in [3.05, 3.63) is 89.7 Å². The highest BCUT2D eigenvalue weighted by Crippen LogP contribution is 2.24. The summed E-state index contributed by atoms with van der Waals surface area (Å²) in [6.07, 6.45) is 3.72. The Morgan fingerprint density at radius 1 is 0.929 bits per heavy atom. The van der Waals surface area contributed by atoms with Crippen LogP contribution < -0.4 is 0 Å². The SMILES string of the molecule is Cc1ccccc1C(=O)N1CCN(Cc2ccccc2-c2cccnc2)CC1. The number of piperazine rings is 1. The van der Waals surface area contributed by atoms with E-state index >= 15 is 0 Å². The molecular weight excluding hydrogens is 346 g/mol. The molecule has 0 bridgehead atoms. The summed E-state index contributed by atoms with van der Waals surface area (Å²) in [6, 6.07) is 20.4. The standard InChI is InChI=1S/C24H25N3O/c1-19-7-2-4-10-22(19)24(28)27-15-13-26(14-16-27)18-21-8-3-5-11-23(21)20-9-6-12-25-17-20/h2-12,17H,13-16,18H2,1H3. The van der Waals surface area contributed by atoms with Gasteiger partial charge in [-0.1, -0.05) is 48.5 Å². The fourth-order valence-electron chi connectivity index (χ4n) is 3.80. The smallest absolute Gasteiger partial charge is 0.254 e. The molecule has 1 aromatic heterocycles. The Morgan fingerprint density at radius 3 is 2.43 bits per heavy atom. The van der Waals surface area contributed by atoms with Crippen LogP contribution in [0.3, 0.4) is 0 Å². The highest BCUT2D eigenvalue weighted by molar-refractivity contribution is 5.95. The third-order valence-electron chi connectivity index (χ3n) is 5.42. The number of hydrogen-bond acceptors (Lipinski definition) is 3. The first-order chi connectivity index (χ1) is 13.7. The van der Waals surface area contributed by atoms with Crippen LogP contribution in [-0.2, 0) is 6.54 Å². The van der Waals surface area contributed by atoms with Crippen LogP contribution in [0.5, 0.6) is 0 Å². The highest BCUT2D eigenvalue weighted by Gasteiger charge is 2.23. The van der Waals surface area contributed by atoms with E-state index in [1.54, 1.807) is 6.20 Å². The van der Waals surface area contributed by atoms with Gasteiger partial charge in [-0.25, -0.2) is 0 Å². The first kappa shape index (κ1) is 18.4. The highest BCUT2D eigenvalue weighted by atomic mass is 16.2. The Kier molecular flexibility index (Phi) is 5.49. The van der Waals surface area contributed by atoms with Crippen LogP contribution in [0.4, 0.5) is 0 Å². The van der Waals surface area contributed by atoms with Crippen molar-refractivity contribution in [2.75, 3.05) is 26.2 Å². The third kappa shape index (κ3) is 3.97. The molecule has 4 heteroatoms. The number of pyridine rings is 1. The molecule has 2 heterocycles. The summed E-state index contributed by atoms with van der Waals surface area (Å²) in [5.41, 5.74) is 5.54. The molecule has 1 saturated heterocycles. The van der Waals surface area contributed by atoms with Crippen molar-refractivity contribution in [2.24, 2.45) is 0 Å². The van der Waals surface area contributed by atoms with Crippen molar-refractivity contribution < 1.29 is 4.79 Å². The van der Waals surface area contributed by atoms with Gasteiger partial charge in [0, 0.05) is 56.2 Å². The Balaban J connectivity index is 1.42. The maximum Gasteiger partial charge on any atom is 0.254 e. The summed E-state index contributed by atoms with van der Waals surface area (Å²) in [6.45, 7) is 6.19. The maximum atomic E-state index is 12.8. The van der Waals surface area contributed by atoms with Gasteiger partial charge in [0.25, 0.3) is 5.91 Å². The van der Waals surface area contributed by atoms with E-state index in [2.05, 4.69) is 40.2 Å². The number of benzene rings is 2. The van der Waals surface area contributed by atoms with Gasteiger partial charge in [0.1, 0.15) is 0 Å². The molecule has 4 rings (SSSR count). The number of amides is 1. The van der Waals surface area contributed by atoms with Crippen LogP contribution >= 0.6 is 0 Å². The van der Waals surface area contributed by atoms with Crippen LogP contribution in [0.25, 0.3) is 11.1 Å². The topological polar surface area (TPSA) is 36.4 Å². The minimum absolute atomic E-state index is 0.147. The Hall–Kier alpha value is -2.98. The molecule has 142 valence electrons. The van der Waals surface area contributed by atoms with Crippen LogP contribution in [0.2, 0.25) is 0 Å². The van der Waals surface area contributed by atoms with Crippen molar-refractivity contribution >= 4 is 5.91 Å². The molecule has 2 aromatic carbocycles. The van der Waals surface area contributed by atoms with Crippen molar-refractivity contribution in [3.63, 3.8) is 0 Å². The molecule has 0 aliphatic carbocycles. The van der Waals surface area contributed by atoms with E-state index in [9.17, 15) is 4.79 Å². The van der Waals surface area contributed by atoms with Crippen LogP contribution in [0.15, 0.2) is 73.1 Å². The number of hydrogen-bond donors (Lipinski definition) is 0. The van der Waals surface area contributed by atoms with Crippen LogP contribution in [-0.4, -0.2) is 46.9 Å². The Bertz CT molecular complexity index is 947. The minimum Gasteiger partial charge on any atom is -0.336 e. The van der Waals surface area contributed by atoms with Crippen molar-refractivity contribution in [3.8, 4) is 11.1 Å². The molecule has 1 aliphatic rings. The van der Waals surface area contributed by atoms with Gasteiger partial charge in [0.2, 0.25) is 0 Å². The molecule has 0 saturated carbocycles. The van der Waals surface area contributed by atoms with Gasteiger partial charge in [-0.05, 0) is 35.7 Å². The Morgan fingerprint density at radius 2 is 1.68 bits per heavy atom. The van der Waals surface area contributed by atoms with Gasteiger partial charge in [0.05, 0.1) is 0 Å². The molecule has 1 fully saturated rings. The van der Waals surface area contributed by atoms with Crippen LogP contribution in [0.1, 0.15) is 21.5 Å². The van der Waals surface area contributed by atoms with Gasteiger partial charge in [-0.15, -0.1) is 0 Å². The van der Waals surface area contributed by atoms with E-state index in [1.807, 2.05) is 48.4 Å². The van der Waals surface area contributed by atoms with Crippen molar-refractivity contribution in [1.82, 2.24) is 14.8 Å². The molecule has 0 unspecified atom stereocenters. The lowest BCUT2D eigenvalue weighted by molar-refractivity contribution is 0.0628. The average molecular weight is 371 g/mol. The van der Waals surface area contributed by atoms with Crippen molar-refractivity contribution in [2.45, 2.75) is 13.5 Å². The molecule has 0 radical (unpaired) electrons. The van der Waals surface area contributed by atoms with E-state index < -0.39 is 0 Å². The second-order valence-electron chi connectivity index (χ2n) is 7.28. The number of carbonyl (C=O) groups excluding carboxylic acids is 1. The van der Waals surface area contributed by atoms with E-state index in [4.69, 9.17) is 0 Å². The largest absolute Gasteiger partial charge is 0.336 e. The zero-order valence-corrected chi connectivity index (χ0v) is 16.2. The molecule has 0 spiro atoms. The lowest BCUT2D eigenvalue weighted by Crippen LogP contribution is -2.48. The van der Waals surface area contributed by atoms with Gasteiger partial charge < -0.3 is 4.90 Å². The molecule has 1 aliphatic heterocycles. The van der Waals surface area contributed by atoms with Gasteiger partial charge in [-0.3, -0.25) is 14.7 Å². The zero-order chi connectivity index (χ0) is 19.3. The fourth-order valence-corrected chi connectivity index (χ4v) is 3.80. The summed E-state index contributed by atoms with van der Waals surface area (Å²) < 4.78 is 0. The Labute approximate surface area is 166 Å². The summed E-state index contributed by atoms with van der Waals surface area (Å²) in [5.74, 6) is 0.147. The normalized spacial score (nSPS) is 14.8. The van der Waals surface area contributed by atoms with Gasteiger partial charge in [0.15, 0.2) is 0 Å². The lowest BCUT2D eigenvalue weighted by atomic mass is 10.0.